The standard InChI is InChI=1S/C20H40/c1-4-5-6-7-8-9-10-11-12-13-14-19-15-17-20(2,3)18-16-19/h19H,4-18H2,1-3H3. The van der Waals surface area contributed by atoms with Gasteiger partial charge < -0.3 is 0 Å². The van der Waals surface area contributed by atoms with Gasteiger partial charge in [0, 0.05) is 0 Å². The number of hydrogen-bond donors (Lipinski definition) is 0. The zero-order valence-electron chi connectivity index (χ0n) is 14.7. The first-order valence-corrected chi connectivity index (χ1v) is 9.64. The van der Waals surface area contributed by atoms with Crippen LogP contribution in [0.5, 0.6) is 0 Å². The lowest BCUT2D eigenvalue weighted by molar-refractivity contribution is 0.182. The Morgan fingerprint density at radius 1 is 0.700 bits per heavy atom. The van der Waals surface area contributed by atoms with Crippen LogP contribution in [-0.2, 0) is 0 Å². The van der Waals surface area contributed by atoms with Gasteiger partial charge in [-0.25, -0.2) is 0 Å². The smallest absolute Gasteiger partial charge is 0.0354 e. The van der Waals surface area contributed by atoms with Gasteiger partial charge in [0.15, 0.2) is 0 Å². The van der Waals surface area contributed by atoms with Crippen LogP contribution in [0.2, 0.25) is 0 Å². The molecule has 1 rings (SSSR count). The number of rotatable bonds is 11. The van der Waals surface area contributed by atoms with Crippen molar-refractivity contribution in [2.75, 3.05) is 0 Å². The molecule has 1 aliphatic rings. The summed E-state index contributed by atoms with van der Waals surface area (Å²) in [6.45, 7) is 7.20. The third kappa shape index (κ3) is 9.03. The highest BCUT2D eigenvalue weighted by atomic mass is 14.3. The molecule has 0 N–H and O–H groups in total. The molecule has 0 atom stereocenters. The van der Waals surface area contributed by atoms with E-state index in [1.54, 1.807) is 0 Å². The third-order valence-electron chi connectivity index (χ3n) is 5.42. The van der Waals surface area contributed by atoms with Gasteiger partial charge in [-0.2, -0.15) is 0 Å². The van der Waals surface area contributed by atoms with Crippen molar-refractivity contribution < 1.29 is 0 Å². The molecule has 0 heterocycles. The number of unbranched alkanes of at least 4 members (excludes halogenated alkanes) is 9. The van der Waals surface area contributed by atoms with Crippen LogP contribution >= 0.6 is 0 Å². The van der Waals surface area contributed by atoms with Crippen LogP contribution in [0.25, 0.3) is 0 Å². The van der Waals surface area contributed by atoms with Gasteiger partial charge in [-0.05, 0) is 37.0 Å². The van der Waals surface area contributed by atoms with Crippen molar-refractivity contribution in [3.05, 3.63) is 0 Å². The lowest BCUT2D eigenvalue weighted by Gasteiger charge is -2.34. The fraction of sp³-hybridized carbons (Fsp3) is 1.00. The van der Waals surface area contributed by atoms with Gasteiger partial charge in [-0.15, -0.1) is 0 Å². The molecule has 0 aromatic rings. The lowest BCUT2D eigenvalue weighted by atomic mass is 9.72. The summed E-state index contributed by atoms with van der Waals surface area (Å²) in [4.78, 5) is 0. The van der Waals surface area contributed by atoms with Crippen molar-refractivity contribution in [1.82, 2.24) is 0 Å². The van der Waals surface area contributed by atoms with Crippen LogP contribution in [0.15, 0.2) is 0 Å². The predicted molar refractivity (Wildman–Crippen MR) is 92.2 cm³/mol. The topological polar surface area (TPSA) is 0 Å². The first kappa shape index (κ1) is 18.1. The van der Waals surface area contributed by atoms with Crippen LogP contribution in [0.3, 0.4) is 0 Å². The molecule has 120 valence electrons. The van der Waals surface area contributed by atoms with Crippen molar-refractivity contribution in [1.29, 1.82) is 0 Å². The van der Waals surface area contributed by atoms with E-state index in [-0.39, 0.29) is 0 Å². The Hall–Kier alpha value is 0. The highest BCUT2D eigenvalue weighted by molar-refractivity contribution is 4.78. The summed E-state index contributed by atoms with van der Waals surface area (Å²) >= 11 is 0. The summed E-state index contributed by atoms with van der Waals surface area (Å²) in [5.74, 6) is 1.07. The maximum atomic E-state index is 2.45. The van der Waals surface area contributed by atoms with E-state index in [2.05, 4.69) is 20.8 Å². The summed E-state index contributed by atoms with van der Waals surface area (Å²) in [5.41, 5.74) is 0.647. The van der Waals surface area contributed by atoms with E-state index in [0.717, 1.165) is 5.92 Å². The van der Waals surface area contributed by atoms with Gasteiger partial charge in [0.1, 0.15) is 0 Å². The van der Waals surface area contributed by atoms with Crippen LogP contribution in [0, 0.1) is 11.3 Å². The van der Waals surface area contributed by atoms with Gasteiger partial charge in [-0.3, -0.25) is 0 Å². The predicted octanol–water partition coefficient (Wildman–Crippen LogP) is 7.51. The van der Waals surface area contributed by atoms with E-state index < -0.39 is 0 Å². The Balaban J connectivity index is 1.81. The van der Waals surface area contributed by atoms with Crippen molar-refractivity contribution in [3.63, 3.8) is 0 Å². The van der Waals surface area contributed by atoms with Crippen molar-refractivity contribution in [2.24, 2.45) is 11.3 Å². The van der Waals surface area contributed by atoms with E-state index in [0.29, 0.717) is 5.41 Å². The Bertz CT molecular complexity index is 206. The largest absolute Gasteiger partial charge is 0.0654 e. The average molecular weight is 281 g/mol. The van der Waals surface area contributed by atoms with Gasteiger partial charge in [0.2, 0.25) is 0 Å². The molecule has 20 heavy (non-hydrogen) atoms. The summed E-state index contributed by atoms with van der Waals surface area (Å²) in [6, 6.07) is 0. The third-order valence-corrected chi connectivity index (χ3v) is 5.42. The zero-order chi connectivity index (χ0) is 14.7. The second kappa shape index (κ2) is 10.7. The van der Waals surface area contributed by atoms with Crippen LogP contribution in [0.4, 0.5) is 0 Å². The molecule has 0 heteroatoms. The minimum atomic E-state index is 0.647. The second-order valence-electron chi connectivity index (χ2n) is 8.08. The summed E-state index contributed by atoms with van der Waals surface area (Å²) in [6.07, 6.45) is 22.2. The fourth-order valence-electron chi connectivity index (χ4n) is 3.67. The van der Waals surface area contributed by atoms with Crippen LogP contribution < -0.4 is 0 Å². The second-order valence-corrected chi connectivity index (χ2v) is 8.08. The molecular weight excluding hydrogens is 240 g/mol. The van der Waals surface area contributed by atoms with E-state index in [1.165, 1.54) is 96.3 Å². The first-order chi connectivity index (χ1) is 9.64. The molecule has 0 unspecified atom stereocenters. The quantitative estimate of drug-likeness (QED) is 0.343. The van der Waals surface area contributed by atoms with Crippen molar-refractivity contribution >= 4 is 0 Å². The Labute approximate surface area is 129 Å². The summed E-state index contributed by atoms with van der Waals surface area (Å²) in [7, 11) is 0. The molecule has 0 radical (unpaired) electrons. The van der Waals surface area contributed by atoms with Gasteiger partial charge >= 0.3 is 0 Å². The van der Waals surface area contributed by atoms with Crippen LogP contribution in [-0.4, -0.2) is 0 Å². The van der Waals surface area contributed by atoms with E-state index in [4.69, 9.17) is 0 Å². The molecule has 0 saturated heterocycles. The average Bonchev–Trinajstić information content (AvgIpc) is 2.42. The zero-order valence-corrected chi connectivity index (χ0v) is 14.7. The maximum Gasteiger partial charge on any atom is -0.0354 e. The molecule has 1 saturated carbocycles. The first-order valence-electron chi connectivity index (χ1n) is 9.64. The minimum absolute atomic E-state index is 0.647. The van der Waals surface area contributed by atoms with Crippen molar-refractivity contribution in [2.45, 2.75) is 117 Å². The molecule has 0 bridgehead atoms. The summed E-state index contributed by atoms with van der Waals surface area (Å²) in [5, 5.41) is 0. The van der Waals surface area contributed by atoms with Crippen LogP contribution in [0.1, 0.15) is 117 Å². The SMILES string of the molecule is CCCCCCCCCCCCC1CCC(C)(C)CC1. The van der Waals surface area contributed by atoms with Crippen molar-refractivity contribution in [3.8, 4) is 0 Å². The molecule has 0 aliphatic heterocycles. The normalized spacial score (nSPS) is 19.4. The Kier molecular flexibility index (Phi) is 9.65. The fourth-order valence-corrected chi connectivity index (χ4v) is 3.67. The van der Waals surface area contributed by atoms with Gasteiger partial charge in [0.05, 0.1) is 0 Å². The lowest BCUT2D eigenvalue weighted by Crippen LogP contribution is -2.21. The highest BCUT2D eigenvalue weighted by Gasteiger charge is 2.26. The molecule has 0 aromatic heterocycles. The van der Waals surface area contributed by atoms with E-state index in [9.17, 15) is 0 Å². The molecule has 1 aliphatic carbocycles. The van der Waals surface area contributed by atoms with Gasteiger partial charge in [-0.1, -0.05) is 91.4 Å². The van der Waals surface area contributed by atoms with Gasteiger partial charge in [0.25, 0.3) is 0 Å². The summed E-state index contributed by atoms with van der Waals surface area (Å²) < 4.78 is 0. The molecule has 1 fully saturated rings. The van der Waals surface area contributed by atoms with E-state index >= 15 is 0 Å². The number of hydrogen-bond acceptors (Lipinski definition) is 0. The Morgan fingerprint density at radius 2 is 1.15 bits per heavy atom. The molecular formula is C20H40. The van der Waals surface area contributed by atoms with E-state index in [1.807, 2.05) is 0 Å². The highest BCUT2D eigenvalue weighted by Crippen LogP contribution is 2.39. The molecule has 0 amide bonds. The molecule has 0 nitrogen and oxygen atoms in total. The molecule has 0 spiro atoms. The monoisotopic (exact) mass is 280 g/mol. The maximum absolute atomic E-state index is 2.45. The Morgan fingerprint density at radius 3 is 1.65 bits per heavy atom. The minimum Gasteiger partial charge on any atom is -0.0654 e. The molecule has 0 aromatic carbocycles.